The molecule has 4 aromatic rings. The van der Waals surface area contributed by atoms with Crippen LogP contribution in [-0.2, 0) is 0 Å². The van der Waals surface area contributed by atoms with Gasteiger partial charge in [0.25, 0.3) is 0 Å². The molecule has 31 heavy (non-hydrogen) atoms. The zero-order valence-electron chi connectivity index (χ0n) is 16.3. The zero-order chi connectivity index (χ0) is 21.4. The van der Waals surface area contributed by atoms with Gasteiger partial charge in [-0.2, -0.15) is 0 Å². The molecule has 2 aromatic heterocycles. The molecular formula is C24H18F2N4S. The quantitative estimate of drug-likeness (QED) is 0.442. The summed E-state index contributed by atoms with van der Waals surface area (Å²) in [5.41, 5.74) is 3.39. The first kappa shape index (κ1) is 19.4. The average Bonchev–Trinajstić information content (AvgIpc) is 3.40. The smallest absolute Gasteiger partial charge is 0.174 e. The molecule has 4 nitrogen and oxygen atoms in total. The van der Waals surface area contributed by atoms with E-state index in [0.717, 1.165) is 22.8 Å². The van der Waals surface area contributed by atoms with Crippen LogP contribution < -0.4 is 10.2 Å². The Kier molecular flexibility index (Phi) is 4.95. The lowest BCUT2D eigenvalue weighted by Gasteiger charge is -2.29. The third kappa shape index (κ3) is 3.57. The summed E-state index contributed by atoms with van der Waals surface area (Å²) < 4.78 is 29.1. The van der Waals surface area contributed by atoms with E-state index >= 15 is 0 Å². The van der Waals surface area contributed by atoms with Gasteiger partial charge in [0.1, 0.15) is 17.7 Å². The number of nitrogens with one attached hydrogen (secondary N) is 1. The van der Waals surface area contributed by atoms with Gasteiger partial charge in [-0.3, -0.25) is 4.98 Å². The zero-order valence-corrected chi connectivity index (χ0v) is 17.1. The summed E-state index contributed by atoms with van der Waals surface area (Å²) >= 11 is 5.69. The second-order valence-electron chi connectivity index (χ2n) is 7.25. The molecule has 7 heteroatoms. The molecular weight excluding hydrogens is 414 g/mol. The molecule has 0 amide bonds. The Morgan fingerprint density at radius 2 is 1.48 bits per heavy atom. The lowest BCUT2D eigenvalue weighted by atomic mass is 10.0. The predicted octanol–water partition coefficient (Wildman–Crippen LogP) is 5.33. The number of halogens is 2. The third-order valence-electron chi connectivity index (χ3n) is 5.39. The molecule has 1 saturated heterocycles. The minimum absolute atomic E-state index is 0.229. The molecule has 0 unspecified atom stereocenters. The van der Waals surface area contributed by atoms with Gasteiger partial charge in [-0.05, 0) is 85.0 Å². The first-order valence-corrected chi connectivity index (χ1v) is 10.2. The van der Waals surface area contributed by atoms with Gasteiger partial charge in [-0.25, -0.2) is 8.78 Å². The van der Waals surface area contributed by atoms with Gasteiger partial charge in [0, 0.05) is 29.5 Å². The highest BCUT2D eigenvalue weighted by molar-refractivity contribution is 7.80. The highest BCUT2D eigenvalue weighted by atomic mass is 32.1. The van der Waals surface area contributed by atoms with Gasteiger partial charge >= 0.3 is 0 Å². The summed E-state index contributed by atoms with van der Waals surface area (Å²) in [7, 11) is 0. The monoisotopic (exact) mass is 432 g/mol. The average molecular weight is 432 g/mol. The highest BCUT2D eigenvalue weighted by Crippen LogP contribution is 2.42. The van der Waals surface area contributed by atoms with E-state index in [4.69, 9.17) is 12.2 Å². The van der Waals surface area contributed by atoms with Crippen LogP contribution in [0.5, 0.6) is 0 Å². The summed E-state index contributed by atoms with van der Waals surface area (Å²) in [4.78, 5) is 6.52. The van der Waals surface area contributed by atoms with Gasteiger partial charge in [0.2, 0.25) is 0 Å². The van der Waals surface area contributed by atoms with Crippen molar-refractivity contribution in [2.75, 3.05) is 4.90 Å². The summed E-state index contributed by atoms with van der Waals surface area (Å²) in [5, 5.41) is 3.91. The van der Waals surface area contributed by atoms with Gasteiger partial charge < -0.3 is 14.8 Å². The number of hydrogen-bond acceptors (Lipinski definition) is 2. The maximum Gasteiger partial charge on any atom is 0.174 e. The minimum Gasteiger partial charge on any atom is -0.351 e. The highest BCUT2D eigenvalue weighted by Gasteiger charge is 2.42. The fraction of sp³-hybridized carbons (Fsp3) is 0.0833. The number of aromatic nitrogens is 2. The van der Waals surface area contributed by atoms with E-state index in [1.807, 2.05) is 46.0 Å². The topological polar surface area (TPSA) is 33.1 Å². The van der Waals surface area contributed by atoms with Crippen molar-refractivity contribution in [2.24, 2.45) is 0 Å². The summed E-state index contributed by atoms with van der Waals surface area (Å²) in [6.45, 7) is 0. The van der Waals surface area contributed by atoms with E-state index in [0.29, 0.717) is 5.11 Å². The largest absolute Gasteiger partial charge is 0.351 e. The Morgan fingerprint density at radius 1 is 0.806 bits per heavy atom. The second-order valence-corrected chi connectivity index (χ2v) is 7.64. The normalized spacial score (nSPS) is 18.3. The Labute approximate surface area is 183 Å². The van der Waals surface area contributed by atoms with Crippen LogP contribution in [0.25, 0.3) is 5.69 Å². The maximum absolute atomic E-state index is 13.6. The number of thiocarbonyl (C=S) groups is 1. The Hall–Kier alpha value is -3.58. The van der Waals surface area contributed by atoms with Crippen molar-refractivity contribution in [3.05, 3.63) is 114 Å². The molecule has 5 rings (SSSR count). The molecule has 1 N–H and O–H groups in total. The second kappa shape index (κ2) is 7.92. The fourth-order valence-corrected chi connectivity index (χ4v) is 4.35. The number of hydrogen-bond donors (Lipinski definition) is 1. The van der Waals surface area contributed by atoms with Gasteiger partial charge in [0.15, 0.2) is 5.11 Å². The van der Waals surface area contributed by atoms with Crippen molar-refractivity contribution in [3.8, 4) is 5.69 Å². The summed E-state index contributed by atoms with van der Waals surface area (Å²) in [6, 6.07) is 21.8. The van der Waals surface area contributed by atoms with Crippen LogP contribution in [0.1, 0.15) is 23.5 Å². The van der Waals surface area contributed by atoms with Crippen LogP contribution in [0, 0.1) is 11.6 Å². The number of nitrogens with zero attached hydrogens (tertiary/aromatic N) is 3. The van der Waals surface area contributed by atoms with E-state index in [2.05, 4.69) is 10.3 Å². The van der Waals surface area contributed by atoms with Gasteiger partial charge in [0.05, 0.1) is 11.7 Å². The standard InChI is InChI=1S/C24H18F2N4S/c25-16-6-10-18(11-7-16)29-15-3-5-21(29)23-22(20-4-1-2-14-27-20)28-24(31)30(23)19-12-8-17(26)9-13-19/h1-15,22-23H,(H,28,31)/t22-,23-/m1/s1. The Morgan fingerprint density at radius 3 is 2.13 bits per heavy atom. The van der Waals surface area contributed by atoms with E-state index in [-0.39, 0.29) is 23.7 Å². The van der Waals surface area contributed by atoms with Crippen molar-refractivity contribution >= 4 is 23.0 Å². The molecule has 3 heterocycles. The van der Waals surface area contributed by atoms with E-state index in [1.54, 1.807) is 30.5 Å². The summed E-state index contributed by atoms with van der Waals surface area (Å²) in [5.74, 6) is -0.602. The Bertz CT molecular complexity index is 1210. The molecule has 0 saturated carbocycles. The van der Waals surface area contributed by atoms with E-state index in [1.165, 1.54) is 24.3 Å². The molecule has 0 bridgehead atoms. The molecule has 0 radical (unpaired) electrons. The van der Waals surface area contributed by atoms with Crippen molar-refractivity contribution in [1.82, 2.24) is 14.9 Å². The first-order chi connectivity index (χ1) is 15.1. The van der Waals surface area contributed by atoms with Crippen LogP contribution in [-0.4, -0.2) is 14.7 Å². The van der Waals surface area contributed by atoms with Crippen LogP contribution in [0.3, 0.4) is 0 Å². The Balaban J connectivity index is 1.66. The molecule has 0 aliphatic carbocycles. The molecule has 154 valence electrons. The molecule has 1 aliphatic heterocycles. The van der Waals surface area contributed by atoms with Crippen molar-refractivity contribution in [2.45, 2.75) is 12.1 Å². The van der Waals surface area contributed by atoms with Crippen LogP contribution in [0.15, 0.2) is 91.3 Å². The maximum atomic E-state index is 13.6. The number of pyridine rings is 1. The number of rotatable bonds is 4. The van der Waals surface area contributed by atoms with Crippen molar-refractivity contribution < 1.29 is 8.78 Å². The summed E-state index contributed by atoms with van der Waals surface area (Å²) in [6.07, 6.45) is 3.68. The molecule has 0 spiro atoms. The molecule has 1 fully saturated rings. The lowest BCUT2D eigenvalue weighted by Crippen LogP contribution is -2.30. The fourth-order valence-electron chi connectivity index (χ4n) is 4.01. The molecule has 2 aromatic carbocycles. The lowest BCUT2D eigenvalue weighted by molar-refractivity contribution is 0.549. The number of anilines is 1. The number of benzene rings is 2. The molecule has 2 atom stereocenters. The van der Waals surface area contributed by atoms with Gasteiger partial charge in [-0.1, -0.05) is 6.07 Å². The van der Waals surface area contributed by atoms with Crippen molar-refractivity contribution in [1.29, 1.82) is 0 Å². The first-order valence-electron chi connectivity index (χ1n) is 9.81. The molecule has 1 aliphatic rings. The predicted molar refractivity (Wildman–Crippen MR) is 120 cm³/mol. The minimum atomic E-state index is -0.311. The van der Waals surface area contributed by atoms with Crippen molar-refractivity contribution in [3.63, 3.8) is 0 Å². The van der Waals surface area contributed by atoms with E-state index < -0.39 is 0 Å². The van der Waals surface area contributed by atoms with Crippen LogP contribution >= 0.6 is 12.2 Å². The van der Waals surface area contributed by atoms with E-state index in [9.17, 15) is 8.78 Å². The van der Waals surface area contributed by atoms with Crippen LogP contribution in [0.4, 0.5) is 14.5 Å². The SMILES string of the molecule is Fc1ccc(N2C(=S)N[C@H](c3ccccn3)[C@H]2c2cccn2-c2ccc(F)cc2)cc1. The van der Waals surface area contributed by atoms with Gasteiger partial charge in [-0.15, -0.1) is 0 Å². The third-order valence-corrected chi connectivity index (χ3v) is 5.71. The van der Waals surface area contributed by atoms with Crippen LogP contribution in [0.2, 0.25) is 0 Å².